The van der Waals surface area contributed by atoms with E-state index in [0.717, 1.165) is 32.0 Å². The van der Waals surface area contributed by atoms with Crippen LogP contribution in [0.2, 0.25) is 0 Å². The Kier molecular flexibility index (Phi) is 5.17. The summed E-state index contributed by atoms with van der Waals surface area (Å²) in [6.45, 7) is 8.53. The summed E-state index contributed by atoms with van der Waals surface area (Å²) in [5.41, 5.74) is 2.88. The van der Waals surface area contributed by atoms with E-state index < -0.39 is 0 Å². The molecular formula is C24H30N4S. The number of thiophene rings is 1. The molecule has 1 aliphatic heterocycles. The summed E-state index contributed by atoms with van der Waals surface area (Å²) in [4.78, 5) is 17.9. The molecule has 0 saturated carbocycles. The van der Waals surface area contributed by atoms with Crippen LogP contribution in [0.15, 0.2) is 30.3 Å². The maximum atomic E-state index is 5.14. The van der Waals surface area contributed by atoms with Crippen LogP contribution in [-0.2, 0) is 12.8 Å². The van der Waals surface area contributed by atoms with Crippen LogP contribution in [0.3, 0.4) is 0 Å². The molecule has 2 aliphatic rings. The van der Waals surface area contributed by atoms with Gasteiger partial charge in [0.25, 0.3) is 0 Å². The van der Waals surface area contributed by atoms with Crippen molar-refractivity contribution in [1.29, 1.82) is 0 Å². The number of piperazine rings is 1. The summed E-state index contributed by atoms with van der Waals surface area (Å²) >= 11 is 1.93. The van der Waals surface area contributed by atoms with Crippen molar-refractivity contribution in [3.63, 3.8) is 0 Å². The van der Waals surface area contributed by atoms with Crippen molar-refractivity contribution in [1.82, 2.24) is 9.97 Å². The lowest BCUT2D eigenvalue weighted by Crippen LogP contribution is -2.47. The second kappa shape index (κ2) is 7.94. The lowest BCUT2D eigenvalue weighted by Gasteiger charge is -2.37. The predicted octanol–water partition coefficient (Wildman–Crippen LogP) is 5.41. The second-order valence-corrected chi connectivity index (χ2v) is 9.70. The molecular weight excluding hydrogens is 376 g/mol. The molecule has 0 radical (unpaired) electrons. The van der Waals surface area contributed by atoms with Gasteiger partial charge in [-0.15, -0.1) is 11.3 Å². The molecule has 1 aliphatic carbocycles. The van der Waals surface area contributed by atoms with Gasteiger partial charge >= 0.3 is 0 Å². The van der Waals surface area contributed by atoms with Gasteiger partial charge in [0.15, 0.2) is 0 Å². The molecule has 1 saturated heterocycles. The van der Waals surface area contributed by atoms with E-state index in [1.807, 2.05) is 11.3 Å². The predicted molar refractivity (Wildman–Crippen MR) is 124 cm³/mol. The molecule has 0 unspecified atom stereocenters. The molecule has 152 valence electrons. The Morgan fingerprint density at radius 2 is 1.59 bits per heavy atom. The van der Waals surface area contributed by atoms with Crippen molar-refractivity contribution >= 4 is 33.1 Å². The number of fused-ring (bicyclic) bond motifs is 3. The average molecular weight is 407 g/mol. The second-order valence-electron chi connectivity index (χ2n) is 8.61. The summed E-state index contributed by atoms with van der Waals surface area (Å²) in [5, 5.41) is 1.37. The molecule has 29 heavy (non-hydrogen) atoms. The SMILES string of the molecule is CC(C)c1nc(N2CCN(c3ccccc3)CC2)c2c3c(sc2n1)CCCCC3. The van der Waals surface area contributed by atoms with Crippen LogP contribution in [0.25, 0.3) is 10.2 Å². The zero-order chi connectivity index (χ0) is 19.8. The molecule has 0 spiro atoms. The highest BCUT2D eigenvalue weighted by Crippen LogP contribution is 2.40. The maximum absolute atomic E-state index is 5.14. The number of aryl methyl sites for hydroxylation is 2. The highest BCUT2D eigenvalue weighted by atomic mass is 32.1. The van der Waals surface area contributed by atoms with Gasteiger partial charge in [-0.2, -0.15) is 0 Å². The lowest BCUT2D eigenvalue weighted by molar-refractivity contribution is 0.644. The zero-order valence-corrected chi connectivity index (χ0v) is 18.3. The van der Waals surface area contributed by atoms with Gasteiger partial charge in [-0.05, 0) is 43.4 Å². The summed E-state index contributed by atoms with van der Waals surface area (Å²) < 4.78 is 0. The Bertz CT molecular complexity index is 987. The van der Waals surface area contributed by atoms with E-state index in [2.05, 4.69) is 54.0 Å². The molecule has 0 amide bonds. The molecule has 4 nitrogen and oxygen atoms in total. The standard InChI is InChI=1S/C24H30N4S/c1-17(2)22-25-23(21-19-11-7-4-8-12-20(19)29-24(21)26-22)28-15-13-27(14-16-28)18-9-5-3-6-10-18/h3,5-6,9-10,17H,4,7-8,11-16H2,1-2H3. The van der Waals surface area contributed by atoms with Crippen molar-refractivity contribution in [3.05, 3.63) is 46.6 Å². The summed E-state index contributed by atoms with van der Waals surface area (Å²) in [7, 11) is 0. The summed E-state index contributed by atoms with van der Waals surface area (Å²) in [6, 6.07) is 10.8. The number of anilines is 2. The molecule has 1 aromatic carbocycles. The molecule has 5 heteroatoms. The van der Waals surface area contributed by atoms with Crippen molar-refractivity contribution in [2.45, 2.75) is 51.9 Å². The van der Waals surface area contributed by atoms with E-state index in [1.165, 1.54) is 53.8 Å². The number of benzene rings is 1. The van der Waals surface area contributed by atoms with Gasteiger partial charge in [0.05, 0.1) is 5.39 Å². The minimum Gasteiger partial charge on any atom is -0.368 e. The van der Waals surface area contributed by atoms with E-state index in [1.54, 1.807) is 10.4 Å². The summed E-state index contributed by atoms with van der Waals surface area (Å²) in [6.07, 6.45) is 6.37. The van der Waals surface area contributed by atoms with Crippen molar-refractivity contribution in [2.75, 3.05) is 36.0 Å². The van der Waals surface area contributed by atoms with Gasteiger partial charge in [0, 0.05) is 42.7 Å². The first kappa shape index (κ1) is 18.9. The number of rotatable bonds is 3. The molecule has 0 atom stereocenters. The van der Waals surface area contributed by atoms with Gasteiger partial charge in [0.1, 0.15) is 16.5 Å². The monoisotopic (exact) mass is 406 g/mol. The molecule has 3 heterocycles. The van der Waals surface area contributed by atoms with Crippen molar-refractivity contribution in [3.8, 4) is 0 Å². The van der Waals surface area contributed by atoms with Gasteiger partial charge in [-0.25, -0.2) is 9.97 Å². The fourth-order valence-corrected chi connectivity index (χ4v) is 5.90. The van der Waals surface area contributed by atoms with E-state index in [9.17, 15) is 0 Å². The minimum absolute atomic E-state index is 0.352. The van der Waals surface area contributed by atoms with E-state index in [4.69, 9.17) is 9.97 Å². The van der Waals surface area contributed by atoms with Gasteiger partial charge in [0.2, 0.25) is 0 Å². The van der Waals surface area contributed by atoms with Crippen LogP contribution in [0, 0.1) is 0 Å². The van der Waals surface area contributed by atoms with Crippen LogP contribution in [0.1, 0.15) is 55.3 Å². The largest absolute Gasteiger partial charge is 0.368 e. The first-order valence-corrected chi connectivity index (χ1v) is 11.9. The molecule has 3 aromatic rings. The van der Waals surface area contributed by atoms with E-state index in [-0.39, 0.29) is 0 Å². The Morgan fingerprint density at radius 1 is 0.862 bits per heavy atom. The first-order chi connectivity index (χ1) is 14.2. The number of aromatic nitrogens is 2. The van der Waals surface area contributed by atoms with E-state index >= 15 is 0 Å². The Labute approximate surface area is 177 Å². The lowest BCUT2D eigenvalue weighted by atomic mass is 10.1. The number of hydrogen-bond acceptors (Lipinski definition) is 5. The molecule has 2 aromatic heterocycles. The number of para-hydroxylation sites is 1. The zero-order valence-electron chi connectivity index (χ0n) is 17.5. The van der Waals surface area contributed by atoms with Gasteiger partial charge < -0.3 is 9.80 Å². The normalized spacial score (nSPS) is 17.6. The van der Waals surface area contributed by atoms with Crippen molar-refractivity contribution < 1.29 is 0 Å². The van der Waals surface area contributed by atoms with Crippen molar-refractivity contribution in [2.24, 2.45) is 0 Å². The number of nitrogens with zero attached hydrogens (tertiary/aromatic N) is 4. The quantitative estimate of drug-likeness (QED) is 0.544. The average Bonchev–Trinajstić information content (AvgIpc) is 2.95. The van der Waals surface area contributed by atoms with Crippen LogP contribution in [0.5, 0.6) is 0 Å². The fourth-order valence-electron chi connectivity index (χ4n) is 4.63. The van der Waals surface area contributed by atoms with E-state index in [0.29, 0.717) is 5.92 Å². The van der Waals surface area contributed by atoms with Gasteiger partial charge in [-0.3, -0.25) is 0 Å². The van der Waals surface area contributed by atoms with Crippen LogP contribution in [-0.4, -0.2) is 36.1 Å². The molecule has 1 fully saturated rings. The van der Waals surface area contributed by atoms with Crippen LogP contribution in [0.4, 0.5) is 11.5 Å². The third-order valence-electron chi connectivity index (χ3n) is 6.28. The molecule has 5 rings (SSSR count). The molecule has 0 bridgehead atoms. The number of hydrogen-bond donors (Lipinski definition) is 0. The molecule has 0 N–H and O–H groups in total. The third kappa shape index (κ3) is 3.61. The first-order valence-electron chi connectivity index (χ1n) is 11.1. The fraction of sp³-hybridized carbons (Fsp3) is 0.500. The highest BCUT2D eigenvalue weighted by Gasteiger charge is 2.26. The minimum atomic E-state index is 0.352. The smallest absolute Gasteiger partial charge is 0.141 e. The summed E-state index contributed by atoms with van der Waals surface area (Å²) in [5.74, 6) is 2.55. The van der Waals surface area contributed by atoms with Gasteiger partial charge in [-0.1, -0.05) is 38.5 Å². The Hall–Kier alpha value is -2.14. The van der Waals surface area contributed by atoms with Crippen LogP contribution >= 0.6 is 11.3 Å². The Morgan fingerprint density at radius 3 is 2.34 bits per heavy atom. The topological polar surface area (TPSA) is 32.3 Å². The Balaban J connectivity index is 1.51. The maximum Gasteiger partial charge on any atom is 0.141 e. The van der Waals surface area contributed by atoms with Crippen LogP contribution < -0.4 is 9.80 Å². The highest BCUT2D eigenvalue weighted by molar-refractivity contribution is 7.19. The third-order valence-corrected chi connectivity index (χ3v) is 7.47.